The Morgan fingerprint density at radius 1 is 1.13 bits per heavy atom. The van der Waals surface area contributed by atoms with Gasteiger partial charge in [0.15, 0.2) is 0 Å². The molecule has 3 nitrogen and oxygen atoms in total. The number of rotatable bonds is 1. The molecule has 0 spiro atoms. The van der Waals surface area contributed by atoms with Crippen molar-refractivity contribution in [2.24, 2.45) is 5.92 Å². The summed E-state index contributed by atoms with van der Waals surface area (Å²) < 4.78 is 12.6. The molecule has 0 aromatic rings. The predicted molar refractivity (Wildman–Crippen MR) is 92.4 cm³/mol. The summed E-state index contributed by atoms with van der Waals surface area (Å²) in [5.74, 6) is 0.458. The summed E-state index contributed by atoms with van der Waals surface area (Å²) in [6.07, 6.45) is 9.17. The molecule has 3 aliphatic rings. The van der Waals surface area contributed by atoms with Crippen LogP contribution in [0, 0.1) is 5.92 Å². The quantitative estimate of drug-likeness (QED) is 0.575. The van der Waals surface area contributed by atoms with Gasteiger partial charge in [-0.05, 0) is 71.6 Å². The van der Waals surface area contributed by atoms with Crippen LogP contribution in [0.5, 0.6) is 0 Å². The zero-order chi connectivity index (χ0) is 16.9. The second-order valence-corrected chi connectivity index (χ2v) is 8.90. The van der Waals surface area contributed by atoms with Gasteiger partial charge < -0.3 is 14.6 Å². The largest absolute Gasteiger partial charge is 0.390 e. The maximum absolute atomic E-state index is 10.8. The van der Waals surface area contributed by atoms with E-state index in [4.69, 9.17) is 9.47 Å². The van der Waals surface area contributed by atoms with E-state index in [1.165, 1.54) is 5.57 Å². The molecule has 3 heterocycles. The maximum Gasteiger partial charge on any atom is 0.0921 e. The third kappa shape index (κ3) is 3.25. The third-order valence-electron chi connectivity index (χ3n) is 6.78. The summed E-state index contributed by atoms with van der Waals surface area (Å²) in [5, 5.41) is 10.8. The Labute approximate surface area is 141 Å². The topological polar surface area (TPSA) is 42.0 Å². The van der Waals surface area contributed by atoms with E-state index >= 15 is 0 Å². The molecule has 0 aliphatic carbocycles. The van der Waals surface area contributed by atoms with Crippen LogP contribution in [0.2, 0.25) is 0 Å². The van der Waals surface area contributed by atoms with Crippen LogP contribution in [0.25, 0.3) is 0 Å². The first-order valence-corrected chi connectivity index (χ1v) is 9.41. The molecule has 0 saturated carbocycles. The van der Waals surface area contributed by atoms with Crippen LogP contribution in [0.4, 0.5) is 0 Å². The monoisotopic (exact) mass is 322 g/mol. The lowest BCUT2D eigenvalue weighted by molar-refractivity contribution is -0.163. The van der Waals surface area contributed by atoms with Crippen molar-refractivity contribution in [1.82, 2.24) is 0 Å². The van der Waals surface area contributed by atoms with Crippen molar-refractivity contribution in [2.75, 3.05) is 0 Å². The van der Waals surface area contributed by atoms with E-state index in [9.17, 15) is 5.11 Å². The van der Waals surface area contributed by atoms with Crippen molar-refractivity contribution in [3.8, 4) is 0 Å². The molecule has 5 atom stereocenters. The Balaban J connectivity index is 1.84. The van der Waals surface area contributed by atoms with Crippen LogP contribution >= 0.6 is 0 Å². The molecule has 1 N–H and O–H groups in total. The molecule has 3 heteroatoms. The van der Waals surface area contributed by atoms with Gasteiger partial charge in [0.25, 0.3) is 0 Å². The Morgan fingerprint density at radius 2 is 1.87 bits per heavy atom. The summed E-state index contributed by atoms with van der Waals surface area (Å²) >= 11 is 0. The summed E-state index contributed by atoms with van der Waals surface area (Å²) in [6.45, 7) is 11.0. The van der Waals surface area contributed by atoms with Gasteiger partial charge in [-0.15, -0.1) is 0 Å². The zero-order valence-corrected chi connectivity index (χ0v) is 15.5. The molecule has 23 heavy (non-hydrogen) atoms. The molecule has 0 radical (unpaired) electrons. The molecule has 0 aromatic heterocycles. The fraction of sp³-hybridized carbons (Fsp3) is 0.900. The first-order valence-electron chi connectivity index (χ1n) is 9.41. The van der Waals surface area contributed by atoms with Crippen molar-refractivity contribution in [2.45, 2.75) is 109 Å². The van der Waals surface area contributed by atoms with E-state index in [-0.39, 0.29) is 11.2 Å². The molecule has 2 fully saturated rings. The lowest BCUT2D eigenvalue weighted by atomic mass is 9.82. The highest BCUT2D eigenvalue weighted by Gasteiger charge is 2.54. The normalized spacial score (nSPS) is 50.3. The second-order valence-electron chi connectivity index (χ2n) is 8.90. The number of ether oxygens (including phenoxy) is 2. The highest BCUT2D eigenvalue weighted by Crippen LogP contribution is 2.49. The molecule has 0 unspecified atom stereocenters. The van der Waals surface area contributed by atoms with Gasteiger partial charge in [-0.1, -0.05) is 25.5 Å². The summed E-state index contributed by atoms with van der Waals surface area (Å²) in [4.78, 5) is 0. The predicted octanol–water partition coefficient (Wildman–Crippen LogP) is 4.38. The molecule has 0 amide bonds. The Hall–Kier alpha value is -0.380. The van der Waals surface area contributed by atoms with Crippen LogP contribution in [0.15, 0.2) is 11.6 Å². The Kier molecular flexibility index (Phi) is 4.44. The number of aliphatic hydroxyl groups excluding tert-OH is 1. The molecule has 3 aliphatic heterocycles. The molecular formula is C20H34O3. The fourth-order valence-corrected chi connectivity index (χ4v) is 4.46. The zero-order valence-electron chi connectivity index (χ0n) is 15.5. The van der Waals surface area contributed by atoms with Crippen molar-refractivity contribution in [3.63, 3.8) is 0 Å². The van der Waals surface area contributed by atoms with E-state index in [2.05, 4.69) is 40.7 Å². The third-order valence-corrected chi connectivity index (χ3v) is 6.78. The van der Waals surface area contributed by atoms with E-state index in [1.807, 2.05) is 0 Å². The van der Waals surface area contributed by atoms with Gasteiger partial charge in [-0.2, -0.15) is 0 Å². The van der Waals surface area contributed by atoms with Gasteiger partial charge in [-0.3, -0.25) is 0 Å². The van der Waals surface area contributed by atoms with Crippen LogP contribution in [-0.2, 0) is 9.47 Å². The number of fused-ring (bicyclic) bond motifs is 3. The number of hydrogen-bond acceptors (Lipinski definition) is 3. The van der Waals surface area contributed by atoms with Crippen LogP contribution < -0.4 is 0 Å². The summed E-state index contributed by atoms with van der Waals surface area (Å²) in [7, 11) is 0. The van der Waals surface area contributed by atoms with Crippen molar-refractivity contribution >= 4 is 0 Å². The summed E-state index contributed by atoms with van der Waals surface area (Å²) in [5.41, 5.74) is 0.883. The average Bonchev–Trinajstić information content (AvgIpc) is 2.99. The minimum absolute atomic E-state index is 0.0284. The first-order chi connectivity index (χ1) is 10.7. The van der Waals surface area contributed by atoms with Gasteiger partial charge in [0, 0.05) is 0 Å². The maximum atomic E-state index is 10.8. The molecule has 0 aromatic carbocycles. The smallest absolute Gasteiger partial charge is 0.0921 e. The lowest BCUT2D eigenvalue weighted by Crippen LogP contribution is -2.44. The molecular weight excluding hydrogens is 288 g/mol. The van der Waals surface area contributed by atoms with Crippen LogP contribution in [-0.4, -0.2) is 34.1 Å². The SMILES string of the molecule is C/C1=C/C[C@@]2(C(C)C)CC[C@](C)(O2)[C@H](O)CC[C@@]2(C)O[C@H]2CC1. The standard InChI is InChI=1S/C20H34O3/c1-14(2)20-11-8-15(3)6-7-17-19(5,22-17)10-9-16(21)18(4,23-20)12-13-20/h8,14,16-17,21H,6-7,9-13H2,1-5H3/b15-8-/t16-,17+,18+,19-,20+/m1/s1. The van der Waals surface area contributed by atoms with Gasteiger partial charge in [0.1, 0.15) is 0 Å². The van der Waals surface area contributed by atoms with Gasteiger partial charge in [-0.25, -0.2) is 0 Å². The highest BCUT2D eigenvalue weighted by atomic mass is 16.6. The molecule has 132 valence electrons. The minimum atomic E-state index is -0.416. The number of epoxide rings is 1. The van der Waals surface area contributed by atoms with Gasteiger partial charge in [0.2, 0.25) is 0 Å². The van der Waals surface area contributed by atoms with Gasteiger partial charge >= 0.3 is 0 Å². The summed E-state index contributed by atoms with van der Waals surface area (Å²) in [6, 6.07) is 0. The number of allylic oxidation sites excluding steroid dienone is 1. The molecule has 2 saturated heterocycles. The molecule has 2 bridgehead atoms. The van der Waals surface area contributed by atoms with Crippen molar-refractivity contribution < 1.29 is 14.6 Å². The minimum Gasteiger partial charge on any atom is -0.390 e. The molecule has 3 rings (SSSR count). The Morgan fingerprint density at radius 3 is 2.57 bits per heavy atom. The number of hydrogen-bond donors (Lipinski definition) is 1. The van der Waals surface area contributed by atoms with Crippen LogP contribution in [0.3, 0.4) is 0 Å². The average molecular weight is 322 g/mol. The van der Waals surface area contributed by atoms with Crippen molar-refractivity contribution in [1.29, 1.82) is 0 Å². The van der Waals surface area contributed by atoms with Crippen LogP contribution in [0.1, 0.15) is 79.6 Å². The second kappa shape index (κ2) is 5.86. The van der Waals surface area contributed by atoms with E-state index < -0.39 is 11.7 Å². The van der Waals surface area contributed by atoms with E-state index in [0.717, 1.165) is 44.9 Å². The Bertz CT molecular complexity index is 485. The van der Waals surface area contributed by atoms with Gasteiger partial charge in [0.05, 0.1) is 29.0 Å². The lowest BCUT2D eigenvalue weighted by Gasteiger charge is -2.38. The van der Waals surface area contributed by atoms with E-state index in [0.29, 0.717) is 12.0 Å². The van der Waals surface area contributed by atoms with Crippen molar-refractivity contribution in [3.05, 3.63) is 11.6 Å². The number of aliphatic hydroxyl groups is 1. The van der Waals surface area contributed by atoms with E-state index in [1.54, 1.807) is 0 Å². The highest BCUT2D eigenvalue weighted by molar-refractivity contribution is 5.10. The first kappa shape index (κ1) is 17.4. The fourth-order valence-electron chi connectivity index (χ4n) is 4.46.